The van der Waals surface area contributed by atoms with Crippen LogP contribution in [0, 0.1) is 11.3 Å². The van der Waals surface area contributed by atoms with E-state index in [1.54, 1.807) is 25.4 Å². The molecule has 1 aliphatic heterocycles. The minimum atomic E-state index is 0. The summed E-state index contributed by atoms with van der Waals surface area (Å²) in [6.07, 6.45) is 3.37. The molecule has 0 bridgehead atoms. The Morgan fingerprint density at radius 3 is 2.58 bits per heavy atom. The number of likely N-dealkylation sites (N-methyl/N-ethyl adjacent to an activating group) is 2. The number of anilines is 3. The molecule has 0 radical (unpaired) electrons. The molecule has 1 fully saturated rings. The van der Waals surface area contributed by atoms with Crippen LogP contribution in [-0.2, 0) is 4.74 Å². The van der Waals surface area contributed by atoms with Crippen molar-refractivity contribution >= 4 is 29.9 Å². The Bertz CT molecular complexity index is 1250. The van der Waals surface area contributed by atoms with Crippen LogP contribution in [-0.4, -0.2) is 80.5 Å². The number of rotatable bonds is 10. The van der Waals surface area contributed by atoms with E-state index in [-0.39, 0.29) is 18.5 Å². The third kappa shape index (κ3) is 7.44. The molecule has 1 N–H and O–H groups in total. The Morgan fingerprint density at radius 1 is 1.08 bits per heavy atom. The highest BCUT2D eigenvalue weighted by atomic mass is 35.5. The number of hydrogen-bond acceptors (Lipinski definition) is 10. The van der Waals surface area contributed by atoms with Crippen LogP contribution in [0.15, 0.2) is 42.6 Å². The minimum absolute atomic E-state index is 0. The third-order valence-electron chi connectivity index (χ3n) is 6.08. The molecule has 11 heteroatoms. The summed E-state index contributed by atoms with van der Waals surface area (Å²) in [6.45, 7) is 3.11. The van der Waals surface area contributed by atoms with Crippen molar-refractivity contribution in [2.24, 2.45) is 0 Å². The van der Waals surface area contributed by atoms with Crippen molar-refractivity contribution in [1.82, 2.24) is 19.9 Å². The number of aromatic nitrogens is 3. The normalized spacial score (nSPS) is 13.4. The third-order valence-corrected chi connectivity index (χ3v) is 6.08. The van der Waals surface area contributed by atoms with Crippen molar-refractivity contribution < 1.29 is 14.2 Å². The Kier molecular flexibility index (Phi) is 10.5. The van der Waals surface area contributed by atoms with Gasteiger partial charge >= 0.3 is 0 Å². The summed E-state index contributed by atoms with van der Waals surface area (Å²) in [7, 11) is 7.70. The van der Waals surface area contributed by atoms with Crippen LogP contribution in [0.2, 0.25) is 0 Å². The molecule has 0 spiro atoms. The molecular weight excluding hydrogens is 506 g/mol. The zero-order valence-electron chi connectivity index (χ0n) is 22.2. The highest BCUT2D eigenvalue weighted by Gasteiger charge is 2.18. The second-order valence-corrected chi connectivity index (χ2v) is 9.09. The van der Waals surface area contributed by atoms with Crippen molar-refractivity contribution in [3.8, 4) is 29.0 Å². The zero-order valence-corrected chi connectivity index (χ0v) is 23.0. The van der Waals surface area contributed by atoms with Gasteiger partial charge in [-0.05, 0) is 50.5 Å². The first-order valence-corrected chi connectivity index (χ1v) is 12.3. The van der Waals surface area contributed by atoms with Crippen LogP contribution in [0.4, 0.5) is 17.5 Å². The molecule has 0 atom stereocenters. The second kappa shape index (κ2) is 13.8. The predicted octanol–water partition coefficient (Wildman–Crippen LogP) is 4.14. The number of pyridine rings is 1. The molecule has 0 aliphatic carbocycles. The maximum absolute atomic E-state index is 9.71. The predicted molar refractivity (Wildman–Crippen MR) is 150 cm³/mol. The summed E-state index contributed by atoms with van der Waals surface area (Å²) in [5.41, 5.74) is 2.84. The van der Waals surface area contributed by atoms with Gasteiger partial charge in [-0.25, -0.2) is 9.97 Å². The van der Waals surface area contributed by atoms with Crippen LogP contribution in [0.25, 0.3) is 11.3 Å². The summed E-state index contributed by atoms with van der Waals surface area (Å²) >= 11 is 0. The highest BCUT2D eigenvalue weighted by molar-refractivity contribution is 5.85. The van der Waals surface area contributed by atoms with Gasteiger partial charge in [0.05, 0.1) is 37.3 Å². The van der Waals surface area contributed by atoms with Crippen LogP contribution in [0.3, 0.4) is 0 Å². The molecule has 0 saturated carbocycles. The van der Waals surface area contributed by atoms with Crippen LogP contribution < -0.4 is 19.7 Å². The van der Waals surface area contributed by atoms with Gasteiger partial charge < -0.3 is 29.3 Å². The smallest absolute Gasteiger partial charge is 0.239 e. The van der Waals surface area contributed by atoms with E-state index in [1.165, 1.54) is 0 Å². The standard InChI is InChI=1S/C27H33N7O3.ClH/c1-33(2)13-14-34(3)23-6-8-25(31-26(23)35-4)32-27-29-12-9-22(30-27)19-5-7-24(20(17-19)18-28)37-21-10-15-36-16-11-21;/h5-9,12,17,21H,10-11,13-16H2,1-4H3,(H,29,30,31,32);1H. The summed E-state index contributed by atoms with van der Waals surface area (Å²) < 4.78 is 17.0. The first-order chi connectivity index (χ1) is 18.0. The summed E-state index contributed by atoms with van der Waals surface area (Å²) in [4.78, 5) is 17.8. The Balaban J connectivity index is 0.00000400. The van der Waals surface area contributed by atoms with E-state index in [0.717, 1.165) is 37.2 Å². The quantitative estimate of drug-likeness (QED) is 0.403. The Hall–Kier alpha value is -3.65. The van der Waals surface area contributed by atoms with E-state index in [9.17, 15) is 5.26 Å². The number of hydrogen-bond donors (Lipinski definition) is 1. The van der Waals surface area contributed by atoms with Gasteiger partial charge in [-0.2, -0.15) is 10.2 Å². The van der Waals surface area contributed by atoms with E-state index in [4.69, 9.17) is 14.2 Å². The molecule has 4 rings (SSSR count). The van der Waals surface area contributed by atoms with E-state index in [0.29, 0.717) is 47.9 Å². The van der Waals surface area contributed by atoms with Crippen molar-refractivity contribution in [2.75, 3.05) is 64.8 Å². The van der Waals surface area contributed by atoms with Gasteiger partial charge in [0.25, 0.3) is 0 Å². The number of nitrogens with zero attached hydrogens (tertiary/aromatic N) is 6. The maximum Gasteiger partial charge on any atom is 0.239 e. The second-order valence-electron chi connectivity index (χ2n) is 9.09. The fourth-order valence-electron chi connectivity index (χ4n) is 3.96. The Labute approximate surface area is 230 Å². The number of nitrogens with one attached hydrogen (secondary N) is 1. The van der Waals surface area contributed by atoms with E-state index >= 15 is 0 Å². The molecule has 1 saturated heterocycles. The number of benzene rings is 1. The van der Waals surface area contributed by atoms with Gasteiger partial charge in [0, 0.05) is 44.7 Å². The molecule has 2 aromatic heterocycles. The highest BCUT2D eigenvalue weighted by Crippen LogP contribution is 2.30. The average molecular weight is 540 g/mol. The van der Waals surface area contributed by atoms with Crippen LogP contribution in [0.1, 0.15) is 18.4 Å². The van der Waals surface area contributed by atoms with Gasteiger partial charge in [-0.15, -0.1) is 12.4 Å². The molecule has 202 valence electrons. The van der Waals surface area contributed by atoms with Gasteiger partial charge in [-0.1, -0.05) is 0 Å². The van der Waals surface area contributed by atoms with Gasteiger partial charge in [0.1, 0.15) is 23.7 Å². The number of halogens is 1. The lowest BCUT2D eigenvalue weighted by molar-refractivity contribution is 0.0254. The molecule has 3 aromatic rings. The topological polar surface area (TPSA) is 109 Å². The number of nitriles is 1. The molecule has 0 amide bonds. The lowest BCUT2D eigenvalue weighted by atomic mass is 10.1. The van der Waals surface area contributed by atoms with Crippen LogP contribution in [0.5, 0.6) is 11.6 Å². The van der Waals surface area contributed by atoms with Gasteiger partial charge in [0.2, 0.25) is 11.8 Å². The van der Waals surface area contributed by atoms with Crippen molar-refractivity contribution in [2.45, 2.75) is 18.9 Å². The van der Waals surface area contributed by atoms with Gasteiger partial charge in [-0.3, -0.25) is 0 Å². The SMILES string of the molecule is COc1nc(Nc2nccc(-c3ccc(OC4CCOCC4)c(C#N)c3)n2)ccc1N(C)CCN(C)C.Cl. The molecular formula is C27H34ClN7O3. The summed E-state index contributed by atoms with van der Waals surface area (Å²) in [5, 5.41) is 12.9. The molecule has 10 nitrogen and oxygen atoms in total. The summed E-state index contributed by atoms with van der Waals surface area (Å²) in [5.74, 6) is 2.05. The number of methoxy groups -OCH3 is 1. The van der Waals surface area contributed by atoms with E-state index < -0.39 is 0 Å². The van der Waals surface area contributed by atoms with E-state index in [2.05, 4.69) is 36.1 Å². The largest absolute Gasteiger partial charge is 0.489 e. The van der Waals surface area contributed by atoms with Crippen molar-refractivity contribution in [3.63, 3.8) is 0 Å². The first-order valence-electron chi connectivity index (χ1n) is 12.3. The first kappa shape index (κ1) is 28.9. The van der Waals surface area contributed by atoms with Crippen molar-refractivity contribution in [3.05, 3.63) is 48.2 Å². The fourth-order valence-corrected chi connectivity index (χ4v) is 3.96. The molecule has 1 aliphatic rings. The molecule has 38 heavy (non-hydrogen) atoms. The molecule has 0 unspecified atom stereocenters. The molecule has 1 aromatic carbocycles. The lowest BCUT2D eigenvalue weighted by Gasteiger charge is -2.23. The molecule has 3 heterocycles. The van der Waals surface area contributed by atoms with Crippen molar-refractivity contribution in [1.29, 1.82) is 5.26 Å². The zero-order chi connectivity index (χ0) is 26.2. The minimum Gasteiger partial charge on any atom is -0.489 e. The monoisotopic (exact) mass is 539 g/mol. The number of ether oxygens (including phenoxy) is 3. The van der Waals surface area contributed by atoms with Crippen LogP contribution >= 0.6 is 12.4 Å². The Morgan fingerprint density at radius 2 is 1.87 bits per heavy atom. The fraction of sp³-hybridized carbons (Fsp3) is 0.407. The average Bonchev–Trinajstić information content (AvgIpc) is 2.92. The summed E-state index contributed by atoms with van der Waals surface area (Å²) in [6, 6.07) is 13.4. The maximum atomic E-state index is 9.71. The van der Waals surface area contributed by atoms with E-state index in [1.807, 2.05) is 45.4 Å². The van der Waals surface area contributed by atoms with Gasteiger partial charge in [0.15, 0.2) is 0 Å². The lowest BCUT2D eigenvalue weighted by Crippen LogP contribution is -2.28.